The van der Waals surface area contributed by atoms with Crippen molar-refractivity contribution in [3.8, 4) is 0 Å². The Kier molecular flexibility index (Phi) is 4.34. The van der Waals surface area contributed by atoms with Crippen molar-refractivity contribution in [1.82, 2.24) is 8.54 Å². The molecular formula is C16H20N2O4S. The van der Waals surface area contributed by atoms with Gasteiger partial charge in [-0.15, -0.1) is 0 Å². The number of benzene rings is 1. The zero-order chi connectivity index (χ0) is 17.4. The largest absolute Gasteiger partial charge is 0.349 e. The molecule has 0 aliphatic heterocycles. The third kappa shape index (κ3) is 3.61. The van der Waals surface area contributed by atoms with Crippen LogP contribution in [0.5, 0.6) is 0 Å². The Morgan fingerprint density at radius 1 is 1.09 bits per heavy atom. The first-order chi connectivity index (χ1) is 10.5. The SMILES string of the molecule is Cc1ccc(S(=O)(=O)n2ccn(C(=O)CC(C)(C)C)c2=O)cc1. The molecule has 0 N–H and O–H groups in total. The fraction of sp³-hybridized carbons (Fsp3) is 0.375. The van der Waals surface area contributed by atoms with Crippen LogP contribution in [0.25, 0.3) is 0 Å². The van der Waals surface area contributed by atoms with Crippen molar-refractivity contribution in [3.05, 3.63) is 52.7 Å². The van der Waals surface area contributed by atoms with E-state index < -0.39 is 21.6 Å². The van der Waals surface area contributed by atoms with Gasteiger partial charge in [-0.3, -0.25) is 4.79 Å². The third-order valence-corrected chi connectivity index (χ3v) is 4.94. The van der Waals surface area contributed by atoms with Gasteiger partial charge in [0.05, 0.1) is 4.90 Å². The van der Waals surface area contributed by atoms with Crippen molar-refractivity contribution in [2.45, 2.75) is 39.0 Å². The van der Waals surface area contributed by atoms with Gasteiger partial charge in [-0.05, 0) is 24.5 Å². The Balaban J connectivity index is 2.45. The minimum absolute atomic E-state index is 0.00576. The highest BCUT2D eigenvalue weighted by Gasteiger charge is 2.24. The molecule has 0 saturated heterocycles. The predicted molar refractivity (Wildman–Crippen MR) is 87.2 cm³/mol. The summed E-state index contributed by atoms with van der Waals surface area (Å²) in [4.78, 5) is 24.5. The van der Waals surface area contributed by atoms with Gasteiger partial charge in [0.2, 0.25) is 5.91 Å². The van der Waals surface area contributed by atoms with Crippen LogP contribution in [0.1, 0.15) is 37.6 Å². The monoisotopic (exact) mass is 336 g/mol. The van der Waals surface area contributed by atoms with Crippen LogP contribution in [0.15, 0.2) is 46.3 Å². The van der Waals surface area contributed by atoms with Gasteiger partial charge in [-0.1, -0.05) is 38.5 Å². The topological polar surface area (TPSA) is 78.1 Å². The maximum atomic E-state index is 12.5. The summed E-state index contributed by atoms with van der Waals surface area (Å²) in [6, 6.07) is 6.18. The molecule has 0 spiro atoms. The van der Waals surface area contributed by atoms with Crippen LogP contribution in [-0.2, 0) is 10.0 Å². The third-order valence-electron chi connectivity index (χ3n) is 3.27. The minimum atomic E-state index is -4.01. The van der Waals surface area contributed by atoms with Crippen LogP contribution in [0.2, 0.25) is 0 Å². The van der Waals surface area contributed by atoms with Gasteiger partial charge in [-0.25, -0.2) is 17.8 Å². The highest BCUT2D eigenvalue weighted by atomic mass is 32.2. The molecule has 7 heteroatoms. The molecule has 124 valence electrons. The van der Waals surface area contributed by atoms with Gasteiger partial charge in [-0.2, -0.15) is 3.97 Å². The molecule has 0 aliphatic carbocycles. The van der Waals surface area contributed by atoms with Crippen molar-refractivity contribution in [2.24, 2.45) is 5.41 Å². The Labute approximate surface area is 135 Å². The zero-order valence-corrected chi connectivity index (χ0v) is 14.4. The second kappa shape index (κ2) is 5.81. The number of rotatable bonds is 3. The van der Waals surface area contributed by atoms with Crippen LogP contribution < -0.4 is 5.69 Å². The summed E-state index contributed by atoms with van der Waals surface area (Å²) in [7, 11) is -4.01. The van der Waals surface area contributed by atoms with Crippen LogP contribution in [0.4, 0.5) is 0 Å². The molecule has 2 rings (SSSR count). The van der Waals surface area contributed by atoms with Crippen LogP contribution in [0, 0.1) is 12.3 Å². The molecule has 1 heterocycles. The normalized spacial score (nSPS) is 12.3. The van der Waals surface area contributed by atoms with Gasteiger partial charge < -0.3 is 0 Å². The number of hydrogen-bond acceptors (Lipinski definition) is 4. The summed E-state index contributed by atoms with van der Waals surface area (Å²) in [6.45, 7) is 7.45. The lowest BCUT2D eigenvalue weighted by atomic mass is 9.92. The van der Waals surface area contributed by atoms with Crippen LogP contribution in [0.3, 0.4) is 0 Å². The maximum Gasteiger partial charge on any atom is 0.349 e. The molecule has 2 aromatic rings. The Morgan fingerprint density at radius 3 is 2.17 bits per heavy atom. The average molecular weight is 336 g/mol. The standard InChI is InChI=1S/C16H20N2O4S/c1-12-5-7-13(8-6-12)23(21,22)18-10-9-17(15(18)20)14(19)11-16(2,3)4/h5-10H,11H2,1-4H3. The molecule has 1 aromatic heterocycles. The van der Waals surface area contributed by atoms with Crippen molar-refractivity contribution in [3.63, 3.8) is 0 Å². The van der Waals surface area contributed by atoms with E-state index in [0.717, 1.165) is 16.3 Å². The number of carbonyl (C=O) groups is 1. The lowest BCUT2D eigenvalue weighted by molar-refractivity contribution is 0.0852. The second-order valence-electron chi connectivity index (χ2n) is 6.70. The molecule has 0 radical (unpaired) electrons. The van der Waals surface area contributed by atoms with E-state index in [1.807, 2.05) is 27.7 Å². The average Bonchev–Trinajstić information content (AvgIpc) is 2.80. The minimum Gasteiger partial charge on any atom is -0.274 e. The molecule has 0 saturated carbocycles. The molecule has 0 aliphatic rings. The zero-order valence-electron chi connectivity index (χ0n) is 13.6. The van der Waals surface area contributed by atoms with E-state index in [1.54, 1.807) is 12.1 Å². The fourth-order valence-corrected chi connectivity index (χ4v) is 3.31. The highest BCUT2D eigenvalue weighted by molar-refractivity contribution is 7.90. The smallest absolute Gasteiger partial charge is 0.274 e. The first kappa shape index (κ1) is 17.2. The number of nitrogens with zero attached hydrogens (tertiary/aromatic N) is 2. The number of imidazole rings is 1. The summed E-state index contributed by atoms with van der Waals surface area (Å²) in [5.74, 6) is -0.430. The van der Waals surface area contributed by atoms with Crippen molar-refractivity contribution < 1.29 is 13.2 Å². The van der Waals surface area contributed by atoms with E-state index in [-0.39, 0.29) is 16.7 Å². The summed E-state index contributed by atoms with van der Waals surface area (Å²) in [5.41, 5.74) is -0.261. The second-order valence-corrected chi connectivity index (χ2v) is 8.51. The van der Waals surface area contributed by atoms with Crippen molar-refractivity contribution in [2.75, 3.05) is 0 Å². The summed E-state index contributed by atoms with van der Waals surface area (Å²) < 4.78 is 26.5. The quantitative estimate of drug-likeness (QED) is 0.861. The molecule has 1 aromatic carbocycles. The summed E-state index contributed by atoms with van der Waals surface area (Å²) in [5, 5.41) is 0. The van der Waals surface area contributed by atoms with Gasteiger partial charge >= 0.3 is 5.69 Å². The number of carbonyl (C=O) groups excluding carboxylic acids is 1. The Morgan fingerprint density at radius 2 is 1.65 bits per heavy atom. The van der Waals surface area contributed by atoms with E-state index in [2.05, 4.69) is 0 Å². The molecule has 6 nitrogen and oxygen atoms in total. The van der Waals surface area contributed by atoms with Crippen molar-refractivity contribution in [1.29, 1.82) is 0 Å². The number of aryl methyl sites for hydroxylation is 1. The van der Waals surface area contributed by atoms with E-state index in [0.29, 0.717) is 3.97 Å². The van der Waals surface area contributed by atoms with Crippen LogP contribution in [-0.4, -0.2) is 22.9 Å². The van der Waals surface area contributed by atoms with Gasteiger partial charge in [0, 0.05) is 18.8 Å². The van der Waals surface area contributed by atoms with Gasteiger partial charge in [0.15, 0.2) is 0 Å². The molecule has 0 unspecified atom stereocenters. The highest BCUT2D eigenvalue weighted by Crippen LogP contribution is 2.19. The molecule has 0 amide bonds. The van der Waals surface area contributed by atoms with Gasteiger partial charge in [0.25, 0.3) is 10.0 Å². The Bertz CT molecular complexity index is 881. The Hall–Kier alpha value is -2.15. The molecule has 0 bridgehead atoms. The van der Waals surface area contributed by atoms with E-state index in [4.69, 9.17) is 0 Å². The van der Waals surface area contributed by atoms with Crippen molar-refractivity contribution >= 4 is 15.9 Å². The maximum absolute atomic E-state index is 12.5. The molecule has 23 heavy (non-hydrogen) atoms. The number of aromatic nitrogens is 2. The number of hydrogen-bond donors (Lipinski definition) is 0. The summed E-state index contributed by atoms with van der Waals surface area (Å²) in [6.07, 6.45) is 2.45. The van der Waals surface area contributed by atoms with Gasteiger partial charge in [0.1, 0.15) is 0 Å². The van der Waals surface area contributed by atoms with E-state index in [1.165, 1.54) is 18.3 Å². The fourth-order valence-electron chi connectivity index (χ4n) is 2.10. The summed E-state index contributed by atoms with van der Waals surface area (Å²) >= 11 is 0. The molecular weight excluding hydrogens is 316 g/mol. The molecule has 0 fully saturated rings. The first-order valence-corrected chi connectivity index (χ1v) is 8.62. The first-order valence-electron chi connectivity index (χ1n) is 7.18. The van der Waals surface area contributed by atoms with E-state index in [9.17, 15) is 18.0 Å². The van der Waals surface area contributed by atoms with Crippen LogP contribution >= 0.6 is 0 Å². The lowest BCUT2D eigenvalue weighted by Gasteiger charge is -2.16. The predicted octanol–water partition coefficient (Wildman–Crippen LogP) is 2.27. The lowest BCUT2D eigenvalue weighted by Crippen LogP contribution is -2.33. The molecule has 0 atom stereocenters. The van der Waals surface area contributed by atoms with E-state index >= 15 is 0 Å².